The molecular weight excluding hydrogens is 260 g/mol. The second-order valence-electron chi connectivity index (χ2n) is 5.08. The number of rotatable bonds is 2. The van der Waals surface area contributed by atoms with Crippen molar-refractivity contribution in [2.45, 2.75) is 13.0 Å². The Morgan fingerprint density at radius 3 is 2.75 bits per heavy atom. The van der Waals surface area contributed by atoms with Gasteiger partial charge in [-0.15, -0.1) is 0 Å². The van der Waals surface area contributed by atoms with Crippen LogP contribution in [0.4, 0.5) is 11.4 Å². The van der Waals surface area contributed by atoms with Gasteiger partial charge in [-0.3, -0.25) is 14.9 Å². The minimum Gasteiger partial charge on any atom is -0.393 e. The van der Waals surface area contributed by atoms with Crippen LogP contribution in [0.15, 0.2) is 18.2 Å². The molecule has 1 saturated heterocycles. The monoisotopic (exact) mass is 278 g/mol. The zero-order chi connectivity index (χ0) is 14.9. The third-order valence-electron chi connectivity index (χ3n) is 3.76. The van der Waals surface area contributed by atoms with Gasteiger partial charge in [0.1, 0.15) is 5.69 Å². The van der Waals surface area contributed by atoms with Gasteiger partial charge in [0.25, 0.3) is 11.6 Å². The molecule has 0 aliphatic carbocycles. The first kappa shape index (κ1) is 14.3. The summed E-state index contributed by atoms with van der Waals surface area (Å²) in [5, 5.41) is 10.9. The Morgan fingerprint density at radius 2 is 2.15 bits per heavy atom. The molecule has 1 heterocycles. The largest absolute Gasteiger partial charge is 0.393 e. The molecule has 0 aromatic heterocycles. The van der Waals surface area contributed by atoms with Crippen molar-refractivity contribution < 1.29 is 9.72 Å². The summed E-state index contributed by atoms with van der Waals surface area (Å²) < 4.78 is 0. The quantitative estimate of drug-likeness (QED) is 0.494. The van der Waals surface area contributed by atoms with E-state index in [0.717, 1.165) is 6.54 Å². The lowest BCUT2D eigenvalue weighted by atomic mass is 10.1. The molecule has 1 aromatic carbocycles. The van der Waals surface area contributed by atoms with Gasteiger partial charge in [0.2, 0.25) is 0 Å². The molecule has 2 rings (SSSR count). The normalized spacial score (nSPS) is 19.9. The van der Waals surface area contributed by atoms with Gasteiger partial charge in [0, 0.05) is 31.7 Å². The average molecular weight is 278 g/mol. The smallest absolute Gasteiger partial charge is 0.292 e. The summed E-state index contributed by atoms with van der Waals surface area (Å²) in [6.45, 7) is 4.01. The van der Waals surface area contributed by atoms with E-state index < -0.39 is 4.92 Å². The lowest BCUT2D eigenvalue weighted by Crippen LogP contribution is -2.52. The Morgan fingerprint density at radius 1 is 1.45 bits per heavy atom. The van der Waals surface area contributed by atoms with Gasteiger partial charge >= 0.3 is 0 Å². The van der Waals surface area contributed by atoms with Crippen molar-refractivity contribution in [1.82, 2.24) is 9.80 Å². The molecule has 1 aromatic rings. The zero-order valence-corrected chi connectivity index (χ0v) is 11.6. The van der Waals surface area contributed by atoms with E-state index in [1.807, 2.05) is 14.0 Å². The van der Waals surface area contributed by atoms with E-state index in [2.05, 4.69) is 4.90 Å². The number of hydrogen-bond donors (Lipinski definition) is 1. The Hall–Kier alpha value is -2.15. The fourth-order valence-electron chi connectivity index (χ4n) is 2.30. The number of benzene rings is 1. The van der Waals surface area contributed by atoms with Gasteiger partial charge in [0.15, 0.2) is 0 Å². The molecular formula is C13H18N4O3. The first-order chi connectivity index (χ1) is 9.41. The number of nitrogens with zero attached hydrogens (tertiary/aromatic N) is 3. The highest BCUT2D eigenvalue weighted by Crippen LogP contribution is 2.26. The van der Waals surface area contributed by atoms with Crippen molar-refractivity contribution in [2.75, 3.05) is 32.4 Å². The number of nitro benzene ring substituents is 1. The molecule has 1 aliphatic heterocycles. The molecule has 1 aliphatic rings. The summed E-state index contributed by atoms with van der Waals surface area (Å²) >= 11 is 0. The second kappa shape index (κ2) is 5.46. The zero-order valence-electron chi connectivity index (χ0n) is 11.6. The predicted octanol–water partition coefficient (Wildman–Crippen LogP) is 0.953. The van der Waals surface area contributed by atoms with E-state index in [9.17, 15) is 14.9 Å². The molecule has 108 valence electrons. The standard InChI is InChI=1S/C13H18N4O3/c1-9-8-16(7-6-15(9)2)13(18)10-4-3-5-11(12(10)14)17(19)20/h3-5,9H,6-8,14H2,1-2H3. The molecule has 0 bridgehead atoms. The number of anilines is 1. The Kier molecular flexibility index (Phi) is 3.89. The Labute approximate surface area is 117 Å². The molecule has 0 spiro atoms. The summed E-state index contributed by atoms with van der Waals surface area (Å²) in [4.78, 5) is 26.6. The molecule has 7 nitrogen and oxygen atoms in total. The van der Waals surface area contributed by atoms with Crippen LogP contribution >= 0.6 is 0 Å². The van der Waals surface area contributed by atoms with Crippen molar-refractivity contribution in [3.63, 3.8) is 0 Å². The van der Waals surface area contributed by atoms with E-state index in [-0.39, 0.29) is 28.9 Å². The lowest BCUT2D eigenvalue weighted by Gasteiger charge is -2.37. The second-order valence-corrected chi connectivity index (χ2v) is 5.08. The van der Waals surface area contributed by atoms with Gasteiger partial charge in [-0.1, -0.05) is 6.07 Å². The number of nitrogen functional groups attached to an aromatic ring is 1. The van der Waals surface area contributed by atoms with Crippen molar-refractivity contribution in [3.8, 4) is 0 Å². The van der Waals surface area contributed by atoms with Crippen LogP contribution in [0, 0.1) is 10.1 Å². The number of carbonyl (C=O) groups is 1. The number of nitrogens with two attached hydrogens (primary N) is 1. The first-order valence-corrected chi connectivity index (χ1v) is 6.44. The van der Waals surface area contributed by atoms with Crippen LogP contribution < -0.4 is 5.73 Å². The van der Waals surface area contributed by atoms with Crippen LogP contribution in [0.2, 0.25) is 0 Å². The summed E-state index contributed by atoms with van der Waals surface area (Å²) in [6, 6.07) is 4.58. The number of piperazine rings is 1. The maximum absolute atomic E-state index is 12.5. The predicted molar refractivity (Wildman–Crippen MR) is 75.5 cm³/mol. The molecule has 20 heavy (non-hydrogen) atoms. The minimum absolute atomic E-state index is 0.0610. The van der Waals surface area contributed by atoms with Gasteiger partial charge < -0.3 is 15.5 Å². The SMILES string of the molecule is CC1CN(C(=O)c2cccc([N+](=O)[O-])c2N)CCN1C. The number of amides is 1. The van der Waals surface area contributed by atoms with Crippen LogP contribution in [-0.2, 0) is 0 Å². The highest BCUT2D eigenvalue weighted by atomic mass is 16.6. The first-order valence-electron chi connectivity index (χ1n) is 6.44. The van der Waals surface area contributed by atoms with Crippen molar-refractivity contribution in [1.29, 1.82) is 0 Å². The van der Waals surface area contributed by atoms with Gasteiger partial charge in [0.05, 0.1) is 10.5 Å². The summed E-state index contributed by atoms with van der Waals surface area (Å²) in [5.74, 6) is -0.244. The summed E-state index contributed by atoms with van der Waals surface area (Å²) in [6.07, 6.45) is 0. The Balaban J connectivity index is 2.26. The maximum atomic E-state index is 12.5. The fraction of sp³-hybridized carbons (Fsp3) is 0.462. The van der Waals surface area contributed by atoms with Crippen LogP contribution in [-0.4, -0.2) is 53.4 Å². The number of nitro groups is 1. The molecule has 2 N–H and O–H groups in total. The highest BCUT2D eigenvalue weighted by molar-refractivity contribution is 6.01. The van der Waals surface area contributed by atoms with E-state index >= 15 is 0 Å². The fourth-order valence-corrected chi connectivity index (χ4v) is 2.30. The van der Waals surface area contributed by atoms with Crippen molar-refractivity contribution in [3.05, 3.63) is 33.9 Å². The molecule has 1 unspecified atom stereocenters. The van der Waals surface area contributed by atoms with Crippen LogP contribution in [0.5, 0.6) is 0 Å². The minimum atomic E-state index is -0.571. The third-order valence-corrected chi connectivity index (χ3v) is 3.76. The number of likely N-dealkylation sites (N-methyl/N-ethyl adjacent to an activating group) is 1. The average Bonchev–Trinajstić information content (AvgIpc) is 2.41. The molecule has 1 atom stereocenters. The lowest BCUT2D eigenvalue weighted by molar-refractivity contribution is -0.383. The van der Waals surface area contributed by atoms with E-state index in [4.69, 9.17) is 5.73 Å². The van der Waals surface area contributed by atoms with E-state index in [1.54, 1.807) is 4.90 Å². The molecule has 0 saturated carbocycles. The van der Waals surface area contributed by atoms with Gasteiger partial charge in [-0.2, -0.15) is 0 Å². The Bertz CT molecular complexity index is 546. The highest BCUT2D eigenvalue weighted by Gasteiger charge is 2.28. The van der Waals surface area contributed by atoms with Crippen LogP contribution in [0.3, 0.4) is 0 Å². The van der Waals surface area contributed by atoms with Gasteiger partial charge in [-0.05, 0) is 20.0 Å². The molecule has 7 heteroatoms. The number of para-hydroxylation sites is 1. The van der Waals surface area contributed by atoms with Gasteiger partial charge in [-0.25, -0.2) is 0 Å². The van der Waals surface area contributed by atoms with E-state index in [1.165, 1.54) is 18.2 Å². The number of hydrogen-bond acceptors (Lipinski definition) is 5. The van der Waals surface area contributed by atoms with Crippen LogP contribution in [0.1, 0.15) is 17.3 Å². The number of carbonyl (C=O) groups excluding carboxylic acids is 1. The third kappa shape index (κ3) is 2.57. The topological polar surface area (TPSA) is 92.7 Å². The summed E-state index contributed by atoms with van der Waals surface area (Å²) in [5.41, 5.74) is 5.67. The van der Waals surface area contributed by atoms with Crippen LogP contribution in [0.25, 0.3) is 0 Å². The molecule has 0 radical (unpaired) electrons. The van der Waals surface area contributed by atoms with Crippen molar-refractivity contribution in [2.24, 2.45) is 0 Å². The maximum Gasteiger partial charge on any atom is 0.292 e. The molecule has 1 fully saturated rings. The van der Waals surface area contributed by atoms with E-state index in [0.29, 0.717) is 13.1 Å². The molecule has 1 amide bonds. The summed E-state index contributed by atoms with van der Waals surface area (Å²) in [7, 11) is 2.01. The van der Waals surface area contributed by atoms with Crippen molar-refractivity contribution >= 4 is 17.3 Å².